The van der Waals surface area contributed by atoms with Gasteiger partial charge in [0.25, 0.3) is 0 Å². The minimum atomic E-state index is -0.513. The van der Waals surface area contributed by atoms with Crippen molar-refractivity contribution in [2.75, 3.05) is 13.2 Å². The number of nitrogens with two attached hydrogens (primary N) is 1. The first-order valence-corrected chi connectivity index (χ1v) is 7.23. The predicted molar refractivity (Wildman–Crippen MR) is 72.8 cm³/mol. The minimum absolute atomic E-state index is 0.119. The van der Waals surface area contributed by atoms with E-state index in [0.29, 0.717) is 24.9 Å². The molecule has 0 saturated heterocycles. The first-order valence-electron chi connectivity index (χ1n) is 7.23. The van der Waals surface area contributed by atoms with Crippen LogP contribution in [0.5, 0.6) is 0 Å². The lowest BCUT2D eigenvalue weighted by Gasteiger charge is -2.32. The van der Waals surface area contributed by atoms with Gasteiger partial charge in [-0.25, -0.2) is 0 Å². The first-order chi connectivity index (χ1) is 9.04. The van der Waals surface area contributed by atoms with Crippen LogP contribution in [0, 0.1) is 0 Å². The van der Waals surface area contributed by atoms with Crippen molar-refractivity contribution in [3.05, 3.63) is 11.7 Å². The maximum absolute atomic E-state index is 5.99. The summed E-state index contributed by atoms with van der Waals surface area (Å²) in [5, 5.41) is 4.11. The second-order valence-electron chi connectivity index (χ2n) is 5.91. The number of aromatic nitrogens is 2. The maximum atomic E-state index is 5.99. The Kier molecular flexibility index (Phi) is 4.26. The molecule has 19 heavy (non-hydrogen) atoms. The molecule has 1 heterocycles. The normalized spacial score (nSPS) is 19.6. The molecule has 1 aliphatic rings. The number of ether oxygens (including phenoxy) is 1. The van der Waals surface area contributed by atoms with Crippen molar-refractivity contribution in [1.82, 2.24) is 10.1 Å². The number of hydrogen-bond acceptors (Lipinski definition) is 5. The zero-order valence-corrected chi connectivity index (χ0v) is 12.2. The topological polar surface area (TPSA) is 74.2 Å². The highest BCUT2D eigenvalue weighted by molar-refractivity contribution is 5.10. The number of rotatable bonds is 5. The van der Waals surface area contributed by atoms with Crippen molar-refractivity contribution in [3.8, 4) is 0 Å². The molecule has 2 rings (SSSR count). The maximum Gasteiger partial charge on any atom is 0.234 e. The van der Waals surface area contributed by atoms with E-state index in [9.17, 15) is 0 Å². The molecule has 0 bridgehead atoms. The number of hydrogen-bond donors (Lipinski definition) is 1. The quantitative estimate of drug-likeness (QED) is 0.887. The van der Waals surface area contributed by atoms with Gasteiger partial charge in [-0.2, -0.15) is 4.98 Å². The molecule has 0 aromatic carbocycles. The molecule has 1 aromatic heterocycles. The zero-order chi connectivity index (χ0) is 13.9. The smallest absolute Gasteiger partial charge is 0.234 e. The molecule has 1 aliphatic carbocycles. The van der Waals surface area contributed by atoms with Crippen LogP contribution in [0.4, 0.5) is 0 Å². The van der Waals surface area contributed by atoms with Gasteiger partial charge in [0.15, 0.2) is 0 Å². The Labute approximate surface area is 114 Å². The van der Waals surface area contributed by atoms with Crippen molar-refractivity contribution in [1.29, 1.82) is 0 Å². The van der Waals surface area contributed by atoms with Gasteiger partial charge in [0.1, 0.15) is 5.60 Å². The third-order valence-corrected chi connectivity index (χ3v) is 4.12. The molecule has 5 nitrogen and oxygen atoms in total. The first kappa shape index (κ1) is 14.5. The van der Waals surface area contributed by atoms with E-state index in [1.807, 2.05) is 20.8 Å². The van der Waals surface area contributed by atoms with Gasteiger partial charge in [0.2, 0.25) is 11.7 Å². The summed E-state index contributed by atoms with van der Waals surface area (Å²) in [6, 6.07) is 0. The standard InChI is InChI=1S/C14H25N3O2/c1-4-18-13(2,3)11-16-12(19-17-11)14(10-15)8-6-5-7-9-14/h4-10,15H2,1-3H3. The fraction of sp³-hybridized carbons (Fsp3) is 0.857. The zero-order valence-electron chi connectivity index (χ0n) is 12.2. The average molecular weight is 267 g/mol. The van der Waals surface area contributed by atoms with Crippen molar-refractivity contribution in [3.63, 3.8) is 0 Å². The second-order valence-corrected chi connectivity index (χ2v) is 5.91. The van der Waals surface area contributed by atoms with Gasteiger partial charge in [0, 0.05) is 13.2 Å². The molecule has 0 atom stereocenters. The molecule has 1 fully saturated rings. The third kappa shape index (κ3) is 2.82. The highest BCUT2D eigenvalue weighted by atomic mass is 16.5. The highest BCUT2D eigenvalue weighted by Gasteiger charge is 2.39. The molecule has 0 amide bonds. The summed E-state index contributed by atoms with van der Waals surface area (Å²) in [7, 11) is 0. The lowest BCUT2D eigenvalue weighted by atomic mass is 9.74. The van der Waals surface area contributed by atoms with Crippen LogP contribution >= 0.6 is 0 Å². The lowest BCUT2D eigenvalue weighted by Crippen LogP contribution is -2.37. The van der Waals surface area contributed by atoms with E-state index < -0.39 is 5.60 Å². The Morgan fingerprint density at radius 1 is 1.32 bits per heavy atom. The molecule has 0 spiro atoms. The summed E-state index contributed by atoms with van der Waals surface area (Å²) in [6.07, 6.45) is 5.72. The second kappa shape index (κ2) is 5.59. The monoisotopic (exact) mass is 267 g/mol. The predicted octanol–water partition coefficient (Wildman–Crippen LogP) is 2.50. The van der Waals surface area contributed by atoms with E-state index >= 15 is 0 Å². The van der Waals surface area contributed by atoms with Crippen LogP contribution in [0.15, 0.2) is 4.52 Å². The van der Waals surface area contributed by atoms with Gasteiger partial charge in [-0.1, -0.05) is 24.4 Å². The molecule has 1 saturated carbocycles. The van der Waals surface area contributed by atoms with Crippen molar-refractivity contribution in [2.24, 2.45) is 5.73 Å². The molecule has 108 valence electrons. The fourth-order valence-electron chi connectivity index (χ4n) is 2.84. The molecule has 0 radical (unpaired) electrons. The van der Waals surface area contributed by atoms with Gasteiger partial charge in [-0.15, -0.1) is 0 Å². The van der Waals surface area contributed by atoms with Gasteiger partial charge in [0.05, 0.1) is 5.41 Å². The molecule has 5 heteroatoms. The average Bonchev–Trinajstić information content (AvgIpc) is 2.90. The van der Waals surface area contributed by atoms with Gasteiger partial charge < -0.3 is 15.0 Å². The number of nitrogens with zero attached hydrogens (tertiary/aromatic N) is 2. The van der Waals surface area contributed by atoms with Gasteiger partial charge in [-0.05, 0) is 33.6 Å². The summed E-state index contributed by atoms with van der Waals surface area (Å²) >= 11 is 0. The van der Waals surface area contributed by atoms with E-state index in [4.69, 9.17) is 15.0 Å². The SMILES string of the molecule is CCOC(C)(C)c1noc(C2(CN)CCCCC2)n1. The summed E-state index contributed by atoms with van der Waals surface area (Å²) < 4.78 is 11.2. The van der Waals surface area contributed by atoms with E-state index in [0.717, 1.165) is 12.8 Å². The fourth-order valence-corrected chi connectivity index (χ4v) is 2.84. The van der Waals surface area contributed by atoms with Crippen LogP contribution in [-0.4, -0.2) is 23.3 Å². The van der Waals surface area contributed by atoms with Crippen LogP contribution < -0.4 is 5.73 Å². The van der Waals surface area contributed by atoms with Crippen LogP contribution in [0.25, 0.3) is 0 Å². The molecular formula is C14H25N3O2. The van der Waals surface area contributed by atoms with E-state index in [-0.39, 0.29) is 5.41 Å². The van der Waals surface area contributed by atoms with Crippen LogP contribution in [0.2, 0.25) is 0 Å². The summed E-state index contributed by atoms with van der Waals surface area (Å²) in [5.74, 6) is 1.31. The van der Waals surface area contributed by atoms with E-state index in [1.165, 1.54) is 19.3 Å². The van der Waals surface area contributed by atoms with Gasteiger partial charge >= 0.3 is 0 Å². The largest absolute Gasteiger partial charge is 0.368 e. The van der Waals surface area contributed by atoms with Crippen molar-refractivity contribution in [2.45, 2.75) is 63.9 Å². The molecule has 0 aliphatic heterocycles. The van der Waals surface area contributed by atoms with Crippen LogP contribution in [0.1, 0.15) is 64.6 Å². The summed E-state index contributed by atoms with van der Waals surface area (Å²) in [4.78, 5) is 4.58. The van der Waals surface area contributed by atoms with Crippen molar-refractivity contribution >= 4 is 0 Å². The summed E-state index contributed by atoms with van der Waals surface area (Å²) in [6.45, 7) is 7.08. The Bertz CT molecular complexity index is 409. The van der Waals surface area contributed by atoms with Crippen LogP contribution in [0.3, 0.4) is 0 Å². The molecular weight excluding hydrogens is 242 g/mol. The van der Waals surface area contributed by atoms with E-state index in [2.05, 4.69) is 10.1 Å². The Hall–Kier alpha value is -0.940. The highest BCUT2D eigenvalue weighted by Crippen LogP contribution is 2.38. The third-order valence-electron chi connectivity index (χ3n) is 4.12. The Morgan fingerprint density at radius 2 is 2.00 bits per heavy atom. The molecule has 1 aromatic rings. The molecule has 0 unspecified atom stereocenters. The van der Waals surface area contributed by atoms with Gasteiger partial charge in [-0.3, -0.25) is 0 Å². The Morgan fingerprint density at radius 3 is 2.58 bits per heavy atom. The summed E-state index contributed by atoms with van der Waals surface area (Å²) in [5.41, 5.74) is 5.36. The molecule has 2 N–H and O–H groups in total. The van der Waals surface area contributed by atoms with Crippen LogP contribution in [-0.2, 0) is 15.8 Å². The minimum Gasteiger partial charge on any atom is -0.368 e. The van der Waals surface area contributed by atoms with Crippen molar-refractivity contribution < 1.29 is 9.26 Å². The lowest BCUT2D eigenvalue weighted by molar-refractivity contribution is -0.0221. The Balaban J connectivity index is 2.24. The van der Waals surface area contributed by atoms with E-state index in [1.54, 1.807) is 0 Å².